The van der Waals surface area contributed by atoms with Crippen molar-refractivity contribution in [3.63, 3.8) is 0 Å². The second-order valence-corrected chi connectivity index (χ2v) is 10.9. The zero-order chi connectivity index (χ0) is 22.7. The number of nitriles is 1. The van der Waals surface area contributed by atoms with Gasteiger partial charge >= 0.3 is 0 Å². The van der Waals surface area contributed by atoms with Gasteiger partial charge in [-0.25, -0.2) is 16.8 Å². The van der Waals surface area contributed by atoms with E-state index in [1.165, 1.54) is 42.3 Å². The van der Waals surface area contributed by atoms with Crippen molar-refractivity contribution in [3.05, 3.63) is 59.7 Å². The normalized spacial score (nSPS) is 12.9. The van der Waals surface area contributed by atoms with Crippen molar-refractivity contribution in [2.24, 2.45) is 0 Å². The van der Waals surface area contributed by atoms with Crippen molar-refractivity contribution in [1.29, 1.82) is 5.26 Å². The van der Waals surface area contributed by atoms with Gasteiger partial charge in [0.25, 0.3) is 0 Å². The summed E-state index contributed by atoms with van der Waals surface area (Å²) in [6.07, 6.45) is 1.11. The van der Waals surface area contributed by atoms with Crippen LogP contribution >= 0.6 is 0 Å². The smallest absolute Gasteiger partial charge is 0.244 e. The van der Waals surface area contributed by atoms with Crippen LogP contribution in [-0.4, -0.2) is 58.8 Å². The number of hydrogen-bond donors (Lipinski definition) is 0. The predicted octanol–water partition coefficient (Wildman–Crippen LogP) is 1.80. The summed E-state index contributed by atoms with van der Waals surface area (Å²) in [4.78, 5) is 14.1. The van der Waals surface area contributed by atoms with Crippen LogP contribution in [0, 0.1) is 11.3 Å². The van der Waals surface area contributed by atoms with Gasteiger partial charge in [0.2, 0.25) is 15.9 Å². The Morgan fingerprint density at radius 2 is 1.60 bits per heavy atom. The van der Waals surface area contributed by atoms with Gasteiger partial charge in [0.05, 0.1) is 27.9 Å². The molecule has 10 heteroatoms. The fourth-order valence-corrected chi connectivity index (χ4v) is 4.66. The maximum Gasteiger partial charge on any atom is 0.244 e. The molecule has 30 heavy (non-hydrogen) atoms. The number of carbonyl (C=O) groups excluding carboxylic acids is 1. The summed E-state index contributed by atoms with van der Waals surface area (Å²) < 4.78 is 49.7. The number of sulfone groups is 1. The van der Waals surface area contributed by atoms with Gasteiger partial charge in [0, 0.05) is 20.4 Å². The maximum absolute atomic E-state index is 12.8. The Labute approximate surface area is 177 Å². The van der Waals surface area contributed by atoms with Crippen LogP contribution in [0.15, 0.2) is 58.3 Å². The Bertz CT molecular complexity index is 1180. The summed E-state index contributed by atoms with van der Waals surface area (Å²) in [6, 6.07) is 13.4. The number of amides is 1. The molecule has 2 rings (SSSR count). The molecule has 0 spiro atoms. The topological polar surface area (TPSA) is 116 Å². The largest absolute Gasteiger partial charge is 0.338 e. The molecule has 0 aliphatic heterocycles. The molecule has 2 aromatic rings. The number of carbonyl (C=O) groups is 1. The molecule has 0 bridgehead atoms. The Hall–Kier alpha value is -2.74. The van der Waals surface area contributed by atoms with Gasteiger partial charge < -0.3 is 4.90 Å². The van der Waals surface area contributed by atoms with Gasteiger partial charge in [0.15, 0.2) is 9.84 Å². The van der Waals surface area contributed by atoms with E-state index in [0.29, 0.717) is 5.56 Å². The third-order valence-corrected chi connectivity index (χ3v) is 7.81. The number of benzene rings is 2. The highest BCUT2D eigenvalue weighted by Crippen LogP contribution is 2.22. The molecule has 0 saturated carbocycles. The van der Waals surface area contributed by atoms with E-state index in [4.69, 9.17) is 5.26 Å². The van der Waals surface area contributed by atoms with Crippen LogP contribution in [0.5, 0.6) is 0 Å². The Morgan fingerprint density at radius 1 is 1.03 bits per heavy atom. The van der Waals surface area contributed by atoms with Crippen molar-refractivity contribution < 1.29 is 21.6 Å². The first-order chi connectivity index (χ1) is 13.9. The van der Waals surface area contributed by atoms with Crippen molar-refractivity contribution in [3.8, 4) is 6.07 Å². The highest BCUT2D eigenvalue weighted by Gasteiger charge is 2.28. The quantitative estimate of drug-likeness (QED) is 0.636. The molecule has 0 N–H and O–H groups in total. The van der Waals surface area contributed by atoms with E-state index >= 15 is 0 Å². The number of sulfonamides is 1. The van der Waals surface area contributed by atoms with E-state index in [1.54, 1.807) is 32.2 Å². The fourth-order valence-electron chi connectivity index (χ4n) is 2.77. The summed E-state index contributed by atoms with van der Waals surface area (Å²) in [5.41, 5.74) is 0.711. The third kappa shape index (κ3) is 5.05. The lowest BCUT2D eigenvalue weighted by molar-refractivity contribution is -0.131. The van der Waals surface area contributed by atoms with Crippen LogP contribution in [-0.2, 0) is 24.7 Å². The Balaban J connectivity index is 2.17. The average Bonchev–Trinajstić information content (AvgIpc) is 2.71. The highest BCUT2D eigenvalue weighted by atomic mass is 32.2. The van der Waals surface area contributed by atoms with Crippen LogP contribution in [0.4, 0.5) is 0 Å². The average molecular weight is 450 g/mol. The lowest BCUT2D eigenvalue weighted by atomic mass is 10.1. The SMILES string of the molecule is C[C@@H](c1ccc(S(C)(=O)=O)cc1)N(C)C(=O)CN(C)S(=O)(=O)c1ccccc1C#N. The second kappa shape index (κ2) is 8.95. The first-order valence-electron chi connectivity index (χ1n) is 8.90. The first-order valence-corrected chi connectivity index (χ1v) is 12.2. The van der Waals surface area contributed by atoms with E-state index in [2.05, 4.69) is 0 Å². The number of rotatable bonds is 7. The minimum atomic E-state index is -4.03. The molecule has 2 aromatic carbocycles. The maximum atomic E-state index is 12.8. The molecular formula is C20H23N3O5S2. The summed E-state index contributed by atoms with van der Waals surface area (Å²) in [5, 5.41) is 9.16. The van der Waals surface area contributed by atoms with Crippen LogP contribution in [0.3, 0.4) is 0 Å². The van der Waals surface area contributed by atoms with Crippen molar-refractivity contribution in [2.75, 3.05) is 26.9 Å². The van der Waals surface area contributed by atoms with E-state index in [1.807, 2.05) is 6.07 Å². The van der Waals surface area contributed by atoms with Crippen molar-refractivity contribution in [1.82, 2.24) is 9.21 Å². The first kappa shape index (κ1) is 23.5. The standard InChI is InChI=1S/C20H23N3O5S2/c1-15(16-9-11-18(12-10-16)29(4,25)26)23(3)20(24)14-22(2)30(27,28)19-8-6-5-7-17(19)13-21/h5-12,15H,14H2,1-4H3/t15-/m0/s1. The van der Waals surface area contributed by atoms with Gasteiger partial charge in [-0.3, -0.25) is 4.79 Å². The molecule has 0 fully saturated rings. The number of nitrogens with zero attached hydrogens (tertiary/aromatic N) is 3. The van der Waals surface area contributed by atoms with Crippen LogP contribution in [0.25, 0.3) is 0 Å². The monoisotopic (exact) mass is 449 g/mol. The highest BCUT2D eigenvalue weighted by molar-refractivity contribution is 7.90. The Morgan fingerprint density at radius 3 is 2.13 bits per heavy atom. The molecule has 8 nitrogen and oxygen atoms in total. The second-order valence-electron chi connectivity index (χ2n) is 6.89. The molecule has 0 aliphatic carbocycles. The molecule has 0 aromatic heterocycles. The van der Waals surface area contributed by atoms with Gasteiger partial charge in [-0.15, -0.1) is 0 Å². The summed E-state index contributed by atoms with van der Waals surface area (Å²) in [5.74, 6) is -0.449. The molecule has 0 heterocycles. The lowest BCUT2D eigenvalue weighted by Gasteiger charge is -2.27. The molecule has 0 saturated heterocycles. The molecule has 0 aliphatic rings. The molecule has 1 amide bonds. The summed E-state index contributed by atoms with van der Waals surface area (Å²) in [6.45, 7) is 1.34. The molecule has 0 unspecified atom stereocenters. The van der Waals surface area contributed by atoms with Crippen molar-refractivity contribution >= 4 is 25.8 Å². The Kier molecular flexibility index (Phi) is 7.02. The van der Waals surface area contributed by atoms with Crippen LogP contribution in [0.1, 0.15) is 24.1 Å². The van der Waals surface area contributed by atoms with Gasteiger partial charge in [-0.2, -0.15) is 9.57 Å². The van der Waals surface area contributed by atoms with Gasteiger partial charge in [-0.1, -0.05) is 24.3 Å². The predicted molar refractivity (Wildman–Crippen MR) is 112 cm³/mol. The minimum absolute atomic E-state index is 0.00416. The van der Waals surface area contributed by atoms with Crippen LogP contribution < -0.4 is 0 Å². The van der Waals surface area contributed by atoms with Gasteiger partial charge in [-0.05, 0) is 36.8 Å². The van der Waals surface area contributed by atoms with Crippen molar-refractivity contribution in [2.45, 2.75) is 22.8 Å². The molecule has 160 valence electrons. The van der Waals surface area contributed by atoms with Crippen LogP contribution in [0.2, 0.25) is 0 Å². The van der Waals surface area contributed by atoms with E-state index in [-0.39, 0.29) is 15.4 Å². The zero-order valence-corrected chi connectivity index (χ0v) is 18.7. The summed E-state index contributed by atoms with van der Waals surface area (Å²) in [7, 11) is -4.53. The third-order valence-electron chi connectivity index (χ3n) is 4.82. The molecule has 0 radical (unpaired) electrons. The molecular weight excluding hydrogens is 426 g/mol. The number of likely N-dealkylation sites (N-methyl/N-ethyl adjacent to an activating group) is 2. The fraction of sp³-hybridized carbons (Fsp3) is 0.300. The minimum Gasteiger partial charge on any atom is -0.338 e. The van der Waals surface area contributed by atoms with E-state index in [0.717, 1.165) is 10.6 Å². The van der Waals surface area contributed by atoms with E-state index < -0.39 is 38.4 Å². The lowest BCUT2D eigenvalue weighted by Crippen LogP contribution is -2.40. The van der Waals surface area contributed by atoms with E-state index in [9.17, 15) is 21.6 Å². The zero-order valence-electron chi connectivity index (χ0n) is 17.1. The molecule has 1 atom stereocenters. The summed E-state index contributed by atoms with van der Waals surface area (Å²) >= 11 is 0. The van der Waals surface area contributed by atoms with Gasteiger partial charge in [0.1, 0.15) is 6.07 Å². The number of hydrogen-bond acceptors (Lipinski definition) is 6.